The van der Waals surface area contributed by atoms with E-state index in [9.17, 15) is 0 Å². The molecule has 0 bridgehead atoms. The van der Waals surface area contributed by atoms with Crippen LogP contribution in [0.1, 0.15) is 95.4 Å². The standard InChI is InChI=1S/C19H32N2/c1-3-5-7-9-19-20-14-18(15-21-19)17-12-10-16(11-13-17)8-6-4-2/h14-17H,3-13H2,1-2H3/t16-,17-. The minimum atomic E-state index is 0.715. The summed E-state index contributed by atoms with van der Waals surface area (Å²) in [6, 6.07) is 0. The van der Waals surface area contributed by atoms with E-state index in [0.29, 0.717) is 5.92 Å². The molecule has 0 saturated heterocycles. The Kier molecular flexibility index (Phi) is 7.18. The summed E-state index contributed by atoms with van der Waals surface area (Å²) in [4.78, 5) is 9.17. The number of rotatable bonds is 8. The lowest BCUT2D eigenvalue weighted by Crippen LogP contribution is -2.14. The highest BCUT2D eigenvalue weighted by atomic mass is 14.9. The molecule has 2 nitrogen and oxygen atoms in total. The van der Waals surface area contributed by atoms with E-state index in [0.717, 1.165) is 18.2 Å². The Morgan fingerprint density at radius 3 is 2.19 bits per heavy atom. The Morgan fingerprint density at radius 2 is 1.57 bits per heavy atom. The van der Waals surface area contributed by atoms with E-state index in [-0.39, 0.29) is 0 Å². The van der Waals surface area contributed by atoms with Gasteiger partial charge in [-0.3, -0.25) is 0 Å². The minimum Gasteiger partial charge on any atom is -0.241 e. The van der Waals surface area contributed by atoms with Gasteiger partial charge in [0.05, 0.1) is 0 Å². The molecule has 1 aromatic rings. The van der Waals surface area contributed by atoms with E-state index in [2.05, 4.69) is 36.2 Å². The zero-order valence-electron chi connectivity index (χ0n) is 14.0. The minimum absolute atomic E-state index is 0.715. The maximum atomic E-state index is 4.58. The van der Waals surface area contributed by atoms with Gasteiger partial charge in [-0.2, -0.15) is 0 Å². The third-order valence-electron chi connectivity index (χ3n) is 5.01. The van der Waals surface area contributed by atoms with Crippen molar-refractivity contribution >= 4 is 0 Å². The molecule has 0 amide bonds. The van der Waals surface area contributed by atoms with Crippen LogP contribution in [0.4, 0.5) is 0 Å². The van der Waals surface area contributed by atoms with Gasteiger partial charge in [0.2, 0.25) is 0 Å². The number of hydrogen-bond acceptors (Lipinski definition) is 2. The highest BCUT2D eigenvalue weighted by molar-refractivity contribution is 5.12. The predicted octanol–water partition coefficient (Wildman–Crippen LogP) is 5.67. The molecule has 1 aliphatic rings. The van der Waals surface area contributed by atoms with E-state index in [1.165, 1.54) is 69.8 Å². The molecule has 1 saturated carbocycles. The third kappa shape index (κ3) is 5.41. The van der Waals surface area contributed by atoms with Crippen molar-refractivity contribution in [3.05, 3.63) is 23.8 Å². The molecule has 1 aromatic heterocycles. The van der Waals surface area contributed by atoms with Crippen LogP contribution >= 0.6 is 0 Å². The van der Waals surface area contributed by atoms with Crippen molar-refractivity contribution < 1.29 is 0 Å². The number of unbranched alkanes of at least 4 members (excludes halogenated alkanes) is 3. The van der Waals surface area contributed by atoms with Crippen LogP contribution in [0.15, 0.2) is 12.4 Å². The van der Waals surface area contributed by atoms with Gasteiger partial charge in [-0.05, 0) is 49.5 Å². The van der Waals surface area contributed by atoms with Crippen LogP contribution in [0.2, 0.25) is 0 Å². The fraction of sp³-hybridized carbons (Fsp3) is 0.789. The topological polar surface area (TPSA) is 25.8 Å². The molecule has 1 fully saturated rings. The summed E-state index contributed by atoms with van der Waals surface area (Å²) in [5.41, 5.74) is 1.38. The third-order valence-corrected chi connectivity index (χ3v) is 5.01. The van der Waals surface area contributed by atoms with Crippen LogP contribution in [0.3, 0.4) is 0 Å². The van der Waals surface area contributed by atoms with Crippen LogP contribution in [0.25, 0.3) is 0 Å². The number of aryl methyl sites for hydroxylation is 1. The van der Waals surface area contributed by atoms with Gasteiger partial charge in [0.25, 0.3) is 0 Å². The number of aromatic nitrogens is 2. The van der Waals surface area contributed by atoms with Gasteiger partial charge in [-0.25, -0.2) is 9.97 Å². The molecule has 0 N–H and O–H groups in total. The second-order valence-electron chi connectivity index (χ2n) is 6.75. The zero-order valence-corrected chi connectivity index (χ0v) is 14.0. The van der Waals surface area contributed by atoms with E-state index in [4.69, 9.17) is 0 Å². The quantitative estimate of drug-likeness (QED) is 0.576. The summed E-state index contributed by atoms with van der Waals surface area (Å²) in [5.74, 6) is 2.73. The van der Waals surface area contributed by atoms with Crippen molar-refractivity contribution in [3.8, 4) is 0 Å². The first kappa shape index (κ1) is 16.5. The predicted molar refractivity (Wildman–Crippen MR) is 89.5 cm³/mol. The van der Waals surface area contributed by atoms with Crippen molar-refractivity contribution in [2.45, 2.75) is 90.4 Å². The average Bonchev–Trinajstić information content (AvgIpc) is 2.54. The van der Waals surface area contributed by atoms with E-state index < -0.39 is 0 Å². The Hall–Kier alpha value is -0.920. The molecule has 0 aliphatic heterocycles. The van der Waals surface area contributed by atoms with Crippen molar-refractivity contribution in [2.75, 3.05) is 0 Å². The molecule has 0 unspecified atom stereocenters. The Balaban J connectivity index is 1.78. The van der Waals surface area contributed by atoms with Crippen molar-refractivity contribution in [1.82, 2.24) is 9.97 Å². The molecule has 2 rings (SSSR count). The molecule has 118 valence electrons. The maximum Gasteiger partial charge on any atom is 0.128 e. The molecule has 0 radical (unpaired) electrons. The molecule has 0 aromatic carbocycles. The molecular formula is C19H32N2. The van der Waals surface area contributed by atoms with E-state index in [1.54, 1.807) is 0 Å². The number of nitrogens with zero attached hydrogens (tertiary/aromatic N) is 2. The average molecular weight is 288 g/mol. The van der Waals surface area contributed by atoms with Crippen LogP contribution in [-0.2, 0) is 6.42 Å². The zero-order chi connectivity index (χ0) is 14.9. The SMILES string of the molecule is CCCCCc1ncc([C@H]2CC[C@H](CCCC)CC2)cn1. The van der Waals surface area contributed by atoms with Gasteiger partial charge in [-0.15, -0.1) is 0 Å². The fourth-order valence-electron chi connectivity index (χ4n) is 3.52. The van der Waals surface area contributed by atoms with E-state index >= 15 is 0 Å². The van der Waals surface area contributed by atoms with Gasteiger partial charge in [0, 0.05) is 18.8 Å². The first-order chi connectivity index (χ1) is 10.3. The fourth-order valence-corrected chi connectivity index (χ4v) is 3.52. The molecule has 0 atom stereocenters. The van der Waals surface area contributed by atoms with Gasteiger partial charge in [-0.1, -0.05) is 46.0 Å². The second-order valence-corrected chi connectivity index (χ2v) is 6.75. The first-order valence-corrected chi connectivity index (χ1v) is 9.14. The maximum absolute atomic E-state index is 4.58. The lowest BCUT2D eigenvalue weighted by molar-refractivity contribution is 0.303. The van der Waals surface area contributed by atoms with Crippen molar-refractivity contribution in [3.63, 3.8) is 0 Å². The molecule has 1 aliphatic carbocycles. The summed E-state index contributed by atoms with van der Waals surface area (Å²) in [6.07, 6.45) is 18.7. The Labute approximate surface area is 130 Å². The van der Waals surface area contributed by atoms with Crippen molar-refractivity contribution in [2.24, 2.45) is 5.92 Å². The van der Waals surface area contributed by atoms with Crippen LogP contribution < -0.4 is 0 Å². The lowest BCUT2D eigenvalue weighted by atomic mass is 9.78. The molecule has 1 heterocycles. The summed E-state index contributed by atoms with van der Waals surface area (Å²) in [6.45, 7) is 4.53. The summed E-state index contributed by atoms with van der Waals surface area (Å²) >= 11 is 0. The van der Waals surface area contributed by atoms with Gasteiger partial charge in [0.1, 0.15) is 5.82 Å². The smallest absolute Gasteiger partial charge is 0.128 e. The normalized spacial score (nSPS) is 22.4. The highest BCUT2D eigenvalue weighted by Crippen LogP contribution is 2.37. The van der Waals surface area contributed by atoms with Crippen molar-refractivity contribution in [1.29, 1.82) is 0 Å². The van der Waals surface area contributed by atoms with Crippen LogP contribution in [-0.4, -0.2) is 9.97 Å². The second kappa shape index (κ2) is 9.17. The highest BCUT2D eigenvalue weighted by Gasteiger charge is 2.22. The van der Waals surface area contributed by atoms with Crippen LogP contribution in [0, 0.1) is 5.92 Å². The summed E-state index contributed by atoms with van der Waals surface area (Å²) in [5, 5.41) is 0. The first-order valence-electron chi connectivity index (χ1n) is 9.14. The Morgan fingerprint density at radius 1 is 0.905 bits per heavy atom. The molecular weight excluding hydrogens is 256 g/mol. The molecule has 21 heavy (non-hydrogen) atoms. The Bertz CT molecular complexity index is 377. The summed E-state index contributed by atoms with van der Waals surface area (Å²) in [7, 11) is 0. The van der Waals surface area contributed by atoms with Gasteiger partial charge >= 0.3 is 0 Å². The largest absolute Gasteiger partial charge is 0.241 e. The number of hydrogen-bond donors (Lipinski definition) is 0. The summed E-state index contributed by atoms with van der Waals surface area (Å²) < 4.78 is 0. The van der Waals surface area contributed by atoms with Gasteiger partial charge < -0.3 is 0 Å². The molecule has 2 heteroatoms. The van der Waals surface area contributed by atoms with Gasteiger partial charge in [0.15, 0.2) is 0 Å². The lowest BCUT2D eigenvalue weighted by Gasteiger charge is -2.28. The van der Waals surface area contributed by atoms with E-state index in [1.807, 2.05) is 0 Å². The molecule has 0 spiro atoms. The van der Waals surface area contributed by atoms with Crippen LogP contribution in [0.5, 0.6) is 0 Å². The monoisotopic (exact) mass is 288 g/mol.